The molecule has 0 aliphatic rings. The van der Waals surface area contributed by atoms with Crippen LogP contribution in [0.3, 0.4) is 0 Å². The SMILES string of the molecule is C[C@H](Sc1nnc(Cc2cccs2)n1C)C(=O)NCc1ccc(F)cc1. The summed E-state index contributed by atoms with van der Waals surface area (Å²) in [6.07, 6.45) is 0.729. The molecular weight excluding hydrogens is 371 g/mol. The van der Waals surface area contributed by atoms with Crippen LogP contribution in [0.5, 0.6) is 0 Å². The van der Waals surface area contributed by atoms with Crippen molar-refractivity contribution in [2.75, 3.05) is 0 Å². The van der Waals surface area contributed by atoms with Gasteiger partial charge in [0.2, 0.25) is 5.91 Å². The van der Waals surface area contributed by atoms with Crippen molar-refractivity contribution >= 4 is 29.0 Å². The summed E-state index contributed by atoms with van der Waals surface area (Å²) in [7, 11) is 1.91. The van der Waals surface area contributed by atoms with E-state index in [1.165, 1.54) is 28.8 Å². The molecule has 3 aromatic rings. The molecule has 5 nitrogen and oxygen atoms in total. The molecule has 1 amide bonds. The van der Waals surface area contributed by atoms with E-state index in [1.807, 2.05) is 30.0 Å². The number of amides is 1. The molecule has 0 aliphatic carbocycles. The number of nitrogens with zero attached hydrogens (tertiary/aromatic N) is 3. The number of nitrogens with one attached hydrogen (secondary N) is 1. The summed E-state index contributed by atoms with van der Waals surface area (Å²) in [5.41, 5.74) is 0.855. The second kappa shape index (κ2) is 8.46. The lowest BCUT2D eigenvalue weighted by atomic mass is 10.2. The standard InChI is InChI=1S/C18H19FN4OS2/c1-12(17(24)20-11-13-5-7-14(19)8-6-13)26-18-22-21-16(23(18)2)10-15-4-3-9-25-15/h3-9,12H,10-11H2,1-2H3,(H,20,24)/t12-/m0/s1. The molecule has 8 heteroatoms. The average molecular weight is 391 g/mol. The molecule has 0 bridgehead atoms. The van der Waals surface area contributed by atoms with E-state index in [2.05, 4.69) is 21.6 Å². The van der Waals surface area contributed by atoms with E-state index >= 15 is 0 Å². The molecular formula is C18H19FN4OS2. The third-order valence-corrected chi connectivity index (χ3v) is 5.88. The van der Waals surface area contributed by atoms with E-state index in [0.29, 0.717) is 11.7 Å². The molecule has 1 aromatic carbocycles. The lowest BCUT2D eigenvalue weighted by Gasteiger charge is -2.11. The average Bonchev–Trinajstić information content (AvgIpc) is 3.26. The van der Waals surface area contributed by atoms with Gasteiger partial charge in [0.25, 0.3) is 0 Å². The van der Waals surface area contributed by atoms with E-state index in [4.69, 9.17) is 0 Å². The summed E-state index contributed by atoms with van der Waals surface area (Å²) in [6, 6.07) is 10.2. The fourth-order valence-corrected chi connectivity index (χ4v) is 3.88. The molecule has 2 heterocycles. The van der Waals surface area contributed by atoms with E-state index in [-0.39, 0.29) is 17.0 Å². The smallest absolute Gasteiger partial charge is 0.233 e. The highest BCUT2D eigenvalue weighted by Crippen LogP contribution is 2.23. The number of aromatic nitrogens is 3. The molecule has 1 N–H and O–H groups in total. The van der Waals surface area contributed by atoms with Crippen molar-refractivity contribution in [2.45, 2.75) is 30.3 Å². The van der Waals surface area contributed by atoms with Gasteiger partial charge in [-0.15, -0.1) is 21.5 Å². The van der Waals surface area contributed by atoms with Crippen molar-refractivity contribution in [2.24, 2.45) is 7.05 Å². The lowest BCUT2D eigenvalue weighted by Crippen LogP contribution is -2.30. The van der Waals surface area contributed by atoms with Crippen molar-refractivity contribution in [1.82, 2.24) is 20.1 Å². The quantitative estimate of drug-likeness (QED) is 0.628. The number of thioether (sulfide) groups is 1. The van der Waals surface area contributed by atoms with Crippen molar-refractivity contribution in [3.63, 3.8) is 0 Å². The normalized spacial score (nSPS) is 12.1. The molecule has 0 saturated carbocycles. The van der Waals surface area contributed by atoms with Crippen molar-refractivity contribution in [3.05, 3.63) is 63.9 Å². The summed E-state index contributed by atoms with van der Waals surface area (Å²) in [4.78, 5) is 13.5. The van der Waals surface area contributed by atoms with Crippen LogP contribution in [0.25, 0.3) is 0 Å². The summed E-state index contributed by atoms with van der Waals surface area (Å²) < 4.78 is 14.8. The molecule has 0 spiro atoms. The van der Waals surface area contributed by atoms with Crippen molar-refractivity contribution < 1.29 is 9.18 Å². The summed E-state index contributed by atoms with van der Waals surface area (Å²) in [5.74, 6) is 0.487. The molecule has 3 rings (SSSR count). The monoisotopic (exact) mass is 390 g/mol. The molecule has 0 unspecified atom stereocenters. The van der Waals surface area contributed by atoms with Gasteiger partial charge in [0.05, 0.1) is 5.25 Å². The van der Waals surface area contributed by atoms with Crippen molar-refractivity contribution in [3.8, 4) is 0 Å². The predicted octanol–water partition coefficient (Wildman–Crippen LogP) is 3.40. The third kappa shape index (κ3) is 4.70. The Bertz CT molecular complexity index is 862. The molecule has 0 aliphatic heterocycles. The van der Waals surface area contributed by atoms with E-state index < -0.39 is 0 Å². The molecule has 26 heavy (non-hydrogen) atoms. The number of halogens is 1. The van der Waals surface area contributed by atoms with E-state index in [9.17, 15) is 9.18 Å². The lowest BCUT2D eigenvalue weighted by molar-refractivity contribution is -0.120. The van der Waals surface area contributed by atoms with E-state index in [1.54, 1.807) is 23.5 Å². The van der Waals surface area contributed by atoms with Crippen LogP contribution in [0.4, 0.5) is 4.39 Å². The minimum Gasteiger partial charge on any atom is -0.351 e. The Kier molecular flexibility index (Phi) is 6.05. The van der Waals surface area contributed by atoms with Gasteiger partial charge in [-0.05, 0) is 36.1 Å². The maximum atomic E-state index is 12.9. The van der Waals surface area contributed by atoms with Crippen LogP contribution in [-0.4, -0.2) is 25.9 Å². The first-order valence-electron chi connectivity index (χ1n) is 8.12. The molecule has 0 fully saturated rings. The zero-order valence-corrected chi connectivity index (χ0v) is 16.1. The van der Waals surface area contributed by atoms with Crippen LogP contribution in [0, 0.1) is 5.82 Å². The van der Waals surface area contributed by atoms with E-state index in [0.717, 1.165) is 17.8 Å². The van der Waals surface area contributed by atoms with Gasteiger partial charge in [-0.25, -0.2) is 4.39 Å². The van der Waals surface area contributed by atoms with Crippen LogP contribution >= 0.6 is 23.1 Å². The highest BCUT2D eigenvalue weighted by molar-refractivity contribution is 8.00. The topological polar surface area (TPSA) is 59.8 Å². The van der Waals surface area contributed by atoms with Crippen LogP contribution in [-0.2, 0) is 24.8 Å². The second-order valence-electron chi connectivity index (χ2n) is 5.82. The molecule has 0 radical (unpaired) electrons. The van der Waals surface area contributed by atoms with Crippen LogP contribution in [0.15, 0.2) is 46.9 Å². The summed E-state index contributed by atoms with van der Waals surface area (Å²) in [6.45, 7) is 2.20. The number of carbonyl (C=O) groups is 1. The van der Waals surface area contributed by atoms with Gasteiger partial charge in [-0.1, -0.05) is 30.0 Å². The van der Waals surface area contributed by atoms with Crippen LogP contribution in [0.1, 0.15) is 23.2 Å². The largest absolute Gasteiger partial charge is 0.351 e. The number of hydrogen-bond acceptors (Lipinski definition) is 5. The highest BCUT2D eigenvalue weighted by Gasteiger charge is 2.19. The first-order valence-corrected chi connectivity index (χ1v) is 9.88. The summed E-state index contributed by atoms with van der Waals surface area (Å²) in [5, 5.41) is 13.7. The van der Waals surface area contributed by atoms with Gasteiger partial charge in [-0.2, -0.15) is 0 Å². The minimum absolute atomic E-state index is 0.0952. The number of benzene rings is 1. The molecule has 2 aromatic heterocycles. The van der Waals surface area contributed by atoms with Gasteiger partial charge >= 0.3 is 0 Å². The van der Waals surface area contributed by atoms with Gasteiger partial charge in [0.15, 0.2) is 5.16 Å². The first kappa shape index (κ1) is 18.6. The van der Waals surface area contributed by atoms with Gasteiger partial charge in [0.1, 0.15) is 11.6 Å². The minimum atomic E-state index is -0.312. The zero-order valence-electron chi connectivity index (χ0n) is 14.5. The third-order valence-electron chi connectivity index (χ3n) is 3.87. The Morgan fingerprint density at radius 2 is 2.08 bits per heavy atom. The Morgan fingerprint density at radius 1 is 1.31 bits per heavy atom. The second-order valence-corrected chi connectivity index (χ2v) is 8.16. The fourth-order valence-electron chi connectivity index (χ4n) is 2.32. The molecule has 0 saturated heterocycles. The molecule has 136 valence electrons. The molecule has 1 atom stereocenters. The number of hydrogen-bond donors (Lipinski definition) is 1. The Morgan fingerprint density at radius 3 is 2.77 bits per heavy atom. The maximum Gasteiger partial charge on any atom is 0.233 e. The van der Waals surface area contributed by atoms with Gasteiger partial charge in [0, 0.05) is 24.9 Å². The summed E-state index contributed by atoms with van der Waals surface area (Å²) >= 11 is 3.05. The Balaban J connectivity index is 1.55. The van der Waals surface area contributed by atoms with Crippen LogP contribution < -0.4 is 5.32 Å². The number of carbonyl (C=O) groups excluding carboxylic acids is 1. The van der Waals surface area contributed by atoms with Crippen molar-refractivity contribution in [1.29, 1.82) is 0 Å². The Hall–Kier alpha value is -2.19. The fraction of sp³-hybridized carbons (Fsp3) is 0.278. The maximum absolute atomic E-state index is 12.9. The Labute approximate surface area is 159 Å². The number of rotatable bonds is 7. The predicted molar refractivity (Wildman–Crippen MR) is 102 cm³/mol. The first-order chi connectivity index (χ1) is 12.5. The van der Waals surface area contributed by atoms with Crippen LogP contribution in [0.2, 0.25) is 0 Å². The van der Waals surface area contributed by atoms with Gasteiger partial charge in [-0.3, -0.25) is 4.79 Å². The number of thiophene rings is 1. The van der Waals surface area contributed by atoms with Gasteiger partial charge < -0.3 is 9.88 Å². The highest BCUT2D eigenvalue weighted by atomic mass is 32.2. The zero-order chi connectivity index (χ0) is 18.5.